The van der Waals surface area contributed by atoms with Gasteiger partial charge >= 0.3 is 71.0 Å². The molecule has 0 aromatic carbocycles. The first kappa shape index (κ1) is 8.52. The zero-order valence-electron chi connectivity index (χ0n) is 4.32. The van der Waals surface area contributed by atoms with E-state index in [4.69, 9.17) is 5.70 Å². The molecular weight excluding hydrogens is 313 g/mol. The molecule has 0 fully saturated rings. The van der Waals surface area contributed by atoms with E-state index in [-0.39, 0.29) is 21.0 Å². The van der Waals surface area contributed by atoms with Crippen molar-refractivity contribution in [3.63, 3.8) is 0 Å². The van der Waals surface area contributed by atoms with Crippen LogP contribution < -0.4 is 21.0 Å². The molecule has 0 rings (SSSR count). The summed E-state index contributed by atoms with van der Waals surface area (Å²) in [5.74, 6) is 0. The molecule has 0 nitrogen and oxygen atoms in total. The molecule has 0 aliphatic carbocycles. The fourth-order valence-corrected chi connectivity index (χ4v) is 1.89. The average Bonchev–Trinajstić information content (AvgIpc) is 1.68. The summed E-state index contributed by atoms with van der Waals surface area (Å²) in [6.45, 7) is 2.20. The van der Waals surface area contributed by atoms with Crippen molar-refractivity contribution in [2.45, 2.75) is 21.7 Å². The Morgan fingerprint density at radius 1 is 1.86 bits per heavy atom. The predicted octanol–water partition coefficient (Wildman–Crippen LogP) is -1.28. The second-order valence-corrected chi connectivity index (χ2v) is 7.42. The molecule has 0 aromatic rings. The first-order valence-corrected chi connectivity index (χ1v) is 6.01. The van der Waals surface area contributed by atoms with E-state index in [1.165, 1.54) is 12.8 Å². The van der Waals surface area contributed by atoms with Gasteiger partial charge in [-0.15, -0.1) is 0 Å². The molecule has 1 unspecified atom stereocenters. The minimum atomic E-state index is 0.0249. The van der Waals surface area contributed by atoms with Crippen LogP contribution >= 0.6 is 22.6 Å². The zero-order valence-corrected chi connectivity index (χ0v) is 8.64. The Bertz CT molecular complexity index is 40.7. The fourth-order valence-electron chi connectivity index (χ4n) is 0.281. The Hall–Kier alpha value is 1.52. The van der Waals surface area contributed by atoms with Crippen molar-refractivity contribution in [3.8, 4) is 0 Å². The minimum absolute atomic E-state index is 0.0249. The first-order valence-electron chi connectivity index (χ1n) is 2.27. The Labute approximate surface area is 70.4 Å². The molecule has 0 spiro atoms. The summed E-state index contributed by atoms with van der Waals surface area (Å²) >= 11 is 2.45. The van der Waals surface area contributed by atoms with Crippen molar-refractivity contribution in [2.24, 2.45) is 0 Å². The number of hydrogen-bond acceptors (Lipinski definition) is 0. The summed E-state index contributed by atoms with van der Waals surface area (Å²) in [5.41, 5.74) is 5.46. The Morgan fingerprint density at radius 3 is 2.57 bits per heavy atom. The number of rotatable bonds is 3. The van der Waals surface area contributed by atoms with Crippen LogP contribution in [0.1, 0.15) is 19.8 Å². The number of halogens is 2. The third-order valence-electron chi connectivity index (χ3n) is 0.644. The van der Waals surface area contributed by atoms with Crippen LogP contribution in [-0.2, 0) is 0 Å². The molecule has 0 heterocycles. The van der Waals surface area contributed by atoms with Crippen molar-refractivity contribution in [3.05, 3.63) is 0 Å². The summed E-state index contributed by atoms with van der Waals surface area (Å²) in [7, 11) is 0. The molecule has 0 aliphatic heterocycles. The van der Waals surface area contributed by atoms with Gasteiger partial charge in [-0.05, 0) is 0 Å². The first-order chi connectivity index (χ1) is 3.31. The van der Waals surface area contributed by atoms with E-state index in [9.17, 15) is 0 Å². The van der Waals surface area contributed by atoms with Crippen molar-refractivity contribution in [2.75, 3.05) is 0 Å². The van der Waals surface area contributed by atoms with Crippen LogP contribution in [0.2, 0.25) is 0 Å². The Kier molecular flexibility index (Phi) is 6.89. The summed E-state index contributed by atoms with van der Waals surface area (Å²) in [6.07, 6.45) is 2.59. The molecule has 0 saturated heterocycles. The molecule has 0 N–H and O–H groups in total. The van der Waals surface area contributed by atoms with E-state index in [0.717, 1.165) is 1.93 Å². The quantitative estimate of drug-likeness (QED) is 0.345. The Morgan fingerprint density at radius 2 is 2.43 bits per heavy atom. The fraction of sp³-hybridized carbons (Fsp3) is 1.00. The van der Waals surface area contributed by atoms with Gasteiger partial charge < -0.3 is 0 Å². The molecule has 0 bridgehead atoms. The third-order valence-corrected chi connectivity index (χ3v) is 4.49. The van der Waals surface area contributed by atoms with Gasteiger partial charge in [-0.2, -0.15) is 0 Å². The zero-order chi connectivity index (χ0) is 5.70. The monoisotopic (exact) mass is 321 g/mol. The SMILES string of the molecule is [B][I-]C(I)CCC. The predicted molar refractivity (Wildman–Crippen MR) is 38.5 cm³/mol. The van der Waals surface area contributed by atoms with E-state index < -0.39 is 0 Å². The summed E-state index contributed by atoms with van der Waals surface area (Å²) in [4.78, 5) is 0. The molecule has 2 radical (unpaired) electrons. The molecule has 0 aromatic heterocycles. The maximum atomic E-state index is 5.46. The summed E-state index contributed by atoms with van der Waals surface area (Å²) in [6, 6.07) is 0. The van der Waals surface area contributed by atoms with E-state index in [1.54, 1.807) is 0 Å². The molecule has 42 valence electrons. The topological polar surface area (TPSA) is 0 Å². The van der Waals surface area contributed by atoms with Crippen molar-refractivity contribution < 1.29 is 21.0 Å². The molecule has 3 heteroatoms. The molecule has 7 heavy (non-hydrogen) atoms. The van der Waals surface area contributed by atoms with E-state index in [2.05, 4.69) is 29.5 Å². The van der Waals surface area contributed by atoms with Gasteiger partial charge in [-0.1, -0.05) is 0 Å². The third kappa shape index (κ3) is 5.40. The molecule has 0 saturated carbocycles. The van der Waals surface area contributed by atoms with Crippen LogP contribution in [0.3, 0.4) is 0 Å². The van der Waals surface area contributed by atoms with E-state index in [1.807, 2.05) is 0 Å². The van der Waals surface area contributed by atoms with Crippen LogP contribution in [0.5, 0.6) is 0 Å². The van der Waals surface area contributed by atoms with Crippen LogP contribution in [-0.4, -0.2) is 7.63 Å². The molecule has 1 atom stereocenters. The summed E-state index contributed by atoms with van der Waals surface area (Å²) in [5, 5.41) is 0. The number of hydrogen-bond donors (Lipinski definition) is 0. The molecular formula is C4H8BI2-. The van der Waals surface area contributed by atoms with Gasteiger partial charge in [0.05, 0.1) is 0 Å². The van der Waals surface area contributed by atoms with E-state index in [0.29, 0.717) is 0 Å². The van der Waals surface area contributed by atoms with Gasteiger partial charge in [0, 0.05) is 0 Å². The second kappa shape index (κ2) is 5.66. The van der Waals surface area contributed by atoms with Gasteiger partial charge in [0.1, 0.15) is 0 Å². The van der Waals surface area contributed by atoms with Crippen molar-refractivity contribution in [1.82, 2.24) is 0 Å². The van der Waals surface area contributed by atoms with Gasteiger partial charge in [0.15, 0.2) is 0 Å². The molecule has 0 aliphatic rings. The van der Waals surface area contributed by atoms with Gasteiger partial charge in [-0.3, -0.25) is 0 Å². The normalized spacial score (nSPS) is 14.6. The number of alkyl halides is 2. The Balaban J connectivity index is 2.83. The van der Waals surface area contributed by atoms with Crippen LogP contribution in [0.25, 0.3) is 0 Å². The molecule has 0 amide bonds. The maximum absolute atomic E-state index is 5.46. The van der Waals surface area contributed by atoms with Gasteiger partial charge in [0.2, 0.25) is 0 Å². The standard InChI is InChI=1S/C4H8BI2/c1-2-3-4(6)7-5/h4H,2-3H2,1H3/q-1. The van der Waals surface area contributed by atoms with E-state index >= 15 is 0 Å². The van der Waals surface area contributed by atoms with Crippen LogP contribution in [0.15, 0.2) is 0 Å². The van der Waals surface area contributed by atoms with Crippen molar-refractivity contribution >= 4 is 28.3 Å². The van der Waals surface area contributed by atoms with Crippen molar-refractivity contribution in [1.29, 1.82) is 0 Å². The van der Waals surface area contributed by atoms with Crippen LogP contribution in [0.4, 0.5) is 0 Å². The van der Waals surface area contributed by atoms with Gasteiger partial charge in [-0.25, -0.2) is 0 Å². The van der Waals surface area contributed by atoms with Gasteiger partial charge in [0.25, 0.3) is 0 Å². The summed E-state index contributed by atoms with van der Waals surface area (Å²) < 4.78 is 0.807. The van der Waals surface area contributed by atoms with Crippen LogP contribution in [0, 0.1) is 0 Å². The second-order valence-electron chi connectivity index (χ2n) is 1.31. The average molecular weight is 321 g/mol.